The van der Waals surface area contributed by atoms with Crippen LogP contribution in [0.15, 0.2) is 51.4 Å². The van der Waals surface area contributed by atoms with Crippen LogP contribution in [0.5, 0.6) is 0 Å². The monoisotopic (exact) mass is 404 g/mol. The van der Waals surface area contributed by atoms with Crippen LogP contribution in [0.4, 0.5) is 4.39 Å². The van der Waals surface area contributed by atoms with E-state index in [1.54, 1.807) is 12.1 Å². The molecule has 0 heterocycles. The molecule has 0 N–H and O–H groups in total. The predicted octanol–water partition coefficient (Wildman–Crippen LogP) is 5.92. The molecule has 2 aromatic carbocycles. The summed E-state index contributed by atoms with van der Waals surface area (Å²) in [5, 5.41) is 0. The lowest BCUT2D eigenvalue weighted by Gasteiger charge is -2.15. The molecular weight excluding hydrogens is 394 g/mol. The van der Waals surface area contributed by atoms with Crippen molar-refractivity contribution in [2.45, 2.75) is 12.3 Å². The van der Waals surface area contributed by atoms with Crippen LogP contribution in [-0.4, -0.2) is 5.88 Å². The van der Waals surface area contributed by atoms with Crippen molar-refractivity contribution in [3.8, 4) is 0 Å². The van der Waals surface area contributed by atoms with Crippen LogP contribution in [-0.2, 0) is 6.42 Å². The van der Waals surface area contributed by atoms with Crippen molar-refractivity contribution in [2.24, 2.45) is 0 Å². The first-order valence-corrected chi connectivity index (χ1v) is 7.97. The van der Waals surface area contributed by atoms with Gasteiger partial charge in [-0.15, -0.1) is 11.6 Å². The van der Waals surface area contributed by atoms with Gasteiger partial charge in [0.25, 0.3) is 0 Å². The van der Waals surface area contributed by atoms with Gasteiger partial charge in [0.15, 0.2) is 0 Å². The lowest BCUT2D eigenvalue weighted by atomic mass is 9.93. The Kier molecular flexibility index (Phi) is 5.43. The van der Waals surface area contributed by atoms with Crippen LogP contribution >= 0.6 is 43.5 Å². The second-order valence-electron chi connectivity index (χ2n) is 4.34. The minimum absolute atomic E-state index is 0.174. The van der Waals surface area contributed by atoms with Gasteiger partial charge in [-0.2, -0.15) is 0 Å². The van der Waals surface area contributed by atoms with E-state index in [-0.39, 0.29) is 11.7 Å². The Labute approximate surface area is 134 Å². The van der Waals surface area contributed by atoms with Gasteiger partial charge in [0.2, 0.25) is 0 Å². The molecular formula is C15H12Br2ClF. The molecule has 0 aliphatic carbocycles. The second kappa shape index (κ2) is 6.87. The molecule has 0 bridgehead atoms. The van der Waals surface area contributed by atoms with Crippen LogP contribution in [0.1, 0.15) is 17.0 Å². The smallest absolute Gasteiger partial charge is 0.123 e. The van der Waals surface area contributed by atoms with Gasteiger partial charge in [-0.3, -0.25) is 0 Å². The summed E-state index contributed by atoms with van der Waals surface area (Å²) >= 11 is 12.9. The highest BCUT2D eigenvalue weighted by Crippen LogP contribution is 2.28. The van der Waals surface area contributed by atoms with Gasteiger partial charge in [0, 0.05) is 20.7 Å². The molecule has 100 valence electrons. The average molecular weight is 407 g/mol. The van der Waals surface area contributed by atoms with Gasteiger partial charge in [0.05, 0.1) is 0 Å². The molecule has 0 aliphatic rings. The molecule has 0 aromatic heterocycles. The number of alkyl halides is 1. The van der Waals surface area contributed by atoms with Crippen LogP contribution in [0.2, 0.25) is 0 Å². The summed E-state index contributed by atoms with van der Waals surface area (Å²) in [5.41, 5.74) is 2.10. The predicted molar refractivity (Wildman–Crippen MR) is 85.4 cm³/mol. The van der Waals surface area contributed by atoms with Gasteiger partial charge in [0.1, 0.15) is 5.82 Å². The van der Waals surface area contributed by atoms with Gasteiger partial charge in [-0.05, 0) is 47.9 Å². The first-order chi connectivity index (χ1) is 9.10. The van der Waals surface area contributed by atoms with Crippen molar-refractivity contribution in [1.29, 1.82) is 0 Å². The zero-order valence-electron chi connectivity index (χ0n) is 10.0. The molecule has 0 saturated carbocycles. The highest BCUT2D eigenvalue weighted by Gasteiger charge is 2.13. The third-order valence-electron chi connectivity index (χ3n) is 3.00. The van der Waals surface area contributed by atoms with E-state index in [2.05, 4.69) is 31.9 Å². The standard InChI is InChI=1S/C15H12Br2ClF/c16-13-3-1-10(2-4-13)12(9-18)7-11-8-14(19)5-6-15(11)17/h1-6,8,12H,7,9H2. The highest BCUT2D eigenvalue weighted by molar-refractivity contribution is 9.10. The molecule has 1 atom stereocenters. The number of benzene rings is 2. The maximum absolute atomic E-state index is 13.3. The Morgan fingerprint density at radius 2 is 1.74 bits per heavy atom. The van der Waals surface area contributed by atoms with Crippen LogP contribution in [0, 0.1) is 5.82 Å². The van der Waals surface area contributed by atoms with Crippen molar-refractivity contribution in [3.63, 3.8) is 0 Å². The van der Waals surface area contributed by atoms with E-state index in [1.807, 2.05) is 24.3 Å². The van der Waals surface area contributed by atoms with E-state index in [0.29, 0.717) is 12.3 Å². The van der Waals surface area contributed by atoms with Crippen LogP contribution in [0.25, 0.3) is 0 Å². The summed E-state index contributed by atoms with van der Waals surface area (Å²) in [4.78, 5) is 0. The quantitative estimate of drug-likeness (QED) is 0.553. The maximum atomic E-state index is 13.3. The Hall–Kier alpha value is -0.380. The molecule has 19 heavy (non-hydrogen) atoms. The van der Waals surface area contributed by atoms with E-state index >= 15 is 0 Å². The fourth-order valence-electron chi connectivity index (χ4n) is 1.96. The third-order valence-corrected chi connectivity index (χ3v) is 4.68. The van der Waals surface area contributed by atoms with Gasteiger partial charge >= 0.3 is 0 Å². The Bertz CT molecular complexity index is 555. The van der Waals surface area contributed by atoms with Crippen molar-refractivity contribution in [3.05, 3.63) is 68.4 Å². The molecule has 0 saturated heterocycles. The molecule has 0 fully saturated rings. The summed E-state index contributed by atoms with van der Waals surface area (Å²) < 4.78 is 15.3. The summed E-state index contributed by atoms with van der Waals surface area (Å²) in [5.74, 6) is 0.458. The zero-order chi connectivity index (χ0) is 13.8. The van der Waals surface area contributed by atoms with E-state index in [9.17, 15) is 4.39 Å². The molecule has 4 heteroatoms. The first-order valence-electron chi connectivity index (χ1n) is 5.85. The summed E-state index contributed by atoms with van der Waals surface area (Å²) in [7, 11) is 0. The zero-order valence-corrected chi connectivity index (χ0v) is 14.0. The Balaban J connectivity index is 2.23. The van der Waals surface area contributed by atoms with Crippen molar-refractivity contribution >= 4 is 43.5 Å². The van der Waals surface area contributed by atoms with Crippen LogP contribution in [0.3, 0.4) is 0 Å². The molecule has 0 aliphatic heterocycles. The largest absolute Gasteiger partial charge is 0.207 e. The Morgan fingerprint density at radius 1 is 1.05 bits per heavy atom. The lowest BCUT2D eigenvalue weighted by Crippen LogP contribution is -2.05. The van der Waals surface area contributed by atoms with E-state index in [0.717, 1.165) is 20.1 Å². The SMILES string of the molecule is Fc1ccc(Br)c(CC(CCl)c2ccc(Br)cc2)c1. The maximum Gasteiger partial charge on any atom is 0.123 e. The minimum atomic E-state index is -0.220. The lowest BCUT2D eigenvalue weighted by molar-refractivity contribution is 0.622. The van der Waals surface area contributed by atoms with E-state index in [4.69, 9.17) is 11.6 Å². The fourth-order valence-corrected chi connectivity index (χ4v) is 2.92. The summed E-state index contributed by atoms with van der Waals surface area (Å²) in [6, 6.07) is 12.8. The molecule has 2 rings (SSSR count). The fraction of sp³-hybridized carbons (Fsp3) is 0.200. The molecule has 1 unspecified atom stereocenters. The first kappa shape index (κ1) is 15.0. The molecule has 0 spiro atoms. The van der Waals surface area contributed by atoms with Crippen LogP contribution < -0.4 is 0 Å². The normalized spacial score (nSPS) is 12.4. The van der Waals surface area contributed by atoms with Crippen molar-refractivity contribution in [2.75, 3.05) is 5.88 Å². The molecule has 0 amide bonds. The number of rotatable bonds is 4. The number of hydrogen-bond acceptors (Lipinski definition) is 0. The van der Waals surface area contributed by atoms with Gasteiger partial charge < -0.3 is 0 Å². The number of halogens is 4. The van der Waals surface area contributed by atoms with Gasteiger partial charge in [-0.25, -0.2) is 4.39 Å². The van der Waals surface area contributed by atoms with Gasteiger partial charge in [-0.1, -0.05) is 44.0 Å². The van der Waals surface area contributed by atoms with E-state index in [1.165, 1.54) is 6.07 Å². The Morgan fingerprint density at radius 3 is 2.37 bits per heavy atom. The average Bonchev–Trinajstić information content (AvgIpc) is 2.41. The third kappa shape index (κ3) is 4.04. The highest BCUT2D eigenvalue weighted by atomic mass is 79.9. The summed E-state index contributed by atoms with van der Waals surface area (Å²) in [6.45, 7) is 0. The molecule has 0 radical (unpaired) electrons. The number of hydrogen-bond donors (Lipinski definition) is 0. The van der Waals surface area contributed by atoms with Crippen molar-refractivity contribution in [1.82, 2.24) is 0 Å². The minimum Gasteiger partial charge on any atom is -0.207 e. The molecule has 2 aromatic rings. The van der Waals surface area contributed by atoms with Crippen molar-refractivity contribution < 1.29 is 4.39 Å². The van der Waals surface area contributed by atoms with E-state index < -0.39 is 0 Å². The topological polar surface area (TPSA) is 0 Å². The summed E-state index contributed by atoms with van der Waals surface area (Å²) in [6.07, 6.45) is 0.712. The molecule has 0 nitrogen and oxygen atoms in total. The second-order valence-corrected chi connectivity index (χ2v) is 6.42.